The molecule has 1 amide bonds. The summed E-state index contributed by atoms with van der Waals surface area (Å²) in [5.74, 6) is 1.81. The molecule has 7 heteroatoms. The van der Waals surface area contributed by atoms with Crippen LogP contribution in [0.15, 0.2) is 18.2 Å². The largest absolute Gasteiger partial charge is 0.454 e. The summed E-state index contributed by atoms with van der Waals surface area (Å²) in [5, 5.41) is 6.36. The fourth-order valence-corrected chi connectivity index (χ4v) is 3.30. The molecular weight excluding hydrogens is 296 g/mol. The van der Waals surface area contributed by atoms with Gasteiger partial charge in [-0.25, -0.2) is 0 Å². The lowest BCUT2D eigenvalue weighted by molar-refractivity contribution is -0.126. The number of benzene rings is 1. The lowest BCUT2D eigenvalue weighted by Gasteiger charge is -2.41. The molecule has 7 nitrogen and oxygen atoms in total. The van der Waals surface area contributed by atoms with Crippen LogP contribution in [0.4, 0.5) is 0 Å². The molecule has 3 heterocycles. The normalized spacial score (nSPS) is 25.4. The minimum atomic E-state index is -0.0102. The van der Waals surface area contributed by atoms with E-state index in [1.165, 1.54) is 5.56 Å². The van der Waals surface area contributed by atoms with Gasteiger partial charge in [0, 0.05) is 45.7 Å². The van der Waals surface area contributed by atoms with E-state index in [1.54, 1.807) is 0 Å². The van der Waals surface area contributed by atoms with Gasteiger partial charge >= 0.3 is 0 Å². The van der Waals surface area contributed by atoms with E-state index in [2.05, 4.69) is 32.6 Å². The zero-order chi connectivity index (χ0) is 15.6. The summed E-state index contributed by atoms with van der Waals surface area (Å²) in [6, 6.07) is 6.15. The third kappa shape index (κ3) is 3.26. The van der Waals surface area contributed by atoms with Crippen molar-refractivity contribution >= 4 is 5.91 Å². The van der Waals surface area contributed by atoms with Gasteiger partial charge in [0.25, 0.3) is 0 Å². The standard InChI is InChI=1S/C16H22N4O3/c21-15-3-4-17-16(18-15)20-7-5-19(6-8-20)10-12-1-2-13-14(9-12)23-11-22-13/h1-2,9,16-17H,3-8,10-11H2,(H,18,21). The molecule has 0 aliphatic carbocycles. The van der Waals surface area contributed by atoms with Crippen LogP contribution in [0, 0.1) is 0 Å². The first kappa shape index (κ1) is 14.7. The van der Waals surface area contributed by atoms with Gasteiger partial charge in [0.05, 0.1) is 0 Å². The summed E-state index contributed by atoms with van der Waals surface area (Å²) in [5.41, 5.74) is 1.24. The van der Waals surface area contributed by atoms with Gasteiger partial charge in [-0.2, -0.15) is 0 Å². The fourth-order valence-electron chi connectivity index (χ4n) is 3.30. The number of hydrogen-bond donors (Lipinski definition) is 2. The van der Waals surface area contributed by atoms with E-state index < -0.39 is 0 Å². The van der Waals surface area contributed by atoms with Crippen molar-refractivity contribution in [2.45, 2.75) is 19.3 Å². The molecular formula is C16H22N4O3. The molecule has 3 aliphatic heterocycles. The van der Waals surface area contributed by atoms with Crippen LogP contribution in [0.25, 0.3) is 0 Å². The maximum atomic E-state index is 11.5. The molecule has 0 saturated carbocycles. The van der Waals surface area contributed by atoms with Crippen LogP contribution in [-0.2, 0) is 11.3 Å². The van der Waals surface area contributed by atoms with Gasteiger partial charge in [-0.3, -0.25) is 19.9 Å². The van der Waals surface area contributed by atoms with E-state index in [0.29, 0.717) is 13.2 Å². The van der Waals surface area contributed by atoms with Crippen LogP contribution in [0.2, 0.25) is 0 Å². The Hall–Kier alpha value is -1.83. The van der Waals surface area contributed by atoms with Crippen LogP contribution in [0.1, 0.15) is 12.0 Å². The minimum absolute atomic E-state index is 0.0102. The maximum absolute atomic E-state index is 11.5. The molecule has 0 bridgehead atoms. The summed E-state index contributed by atoms with van der Waals surface area (Å²) in [4.78, 5) is 16.2. The Morgan fingerprint density at radius 3 is 2.78 bits per heavy atom. The van der Waals surface area contributed by atoms with Crippen LogP contribution in [0.3, 0.4) is 0 Å². The van der Waals surface area contributed by atoms with Crippen molar-refractivity contribution < 1.29 is 14.3 Å². The predicted molar refractivity (Wildman–Crippen MR) is 84.0 cm³/mol. The monoisotopic (exact) mass is 318 g/mol. The number of piperazine rings is 1. The quantitative estimate of drug-likeness (QED) is 0.813. The molecule has 0 aromatic heterocycles. The summed E-state index contributed by atoms with van der Waals surface area (Å²) >= 11 is 0. The minimum Gasteiger partial charge on any atom is -0.454 e. The van der Waals surface area contributed by atoms with Crippen molar-refractivity contribution in [1.82, 2.24) is 20.4 Å². The van der Waals surface area contributed by atoms with Crippen molar-refractivity contribution in [2.24, 2.45) is 0 Å². The van der Waals surface area contributed by atoms with Gasteiger partial charge in [-0.05, 0) is 17.7 Å². The number of carbonyl (C=O) groups is 1. The van der Waals surface area contributed by atoms with E-state index in [-0.39, 0.29) is 12.2 Å². The Labute approximate surface area is 135 Å². The average Bonchev–Trinajstić information content (AvgIpc) is 3.03. The summed E-state index contributed by atoms with van der Waals surface area (Å²) in [7, 11) is 0. The van der Waals surface area contributed by atoms with Crippen LogP contribution in [0.5, 0.6) is 11.5 Å². The Kier molecular flexibility index (Phi) is 4.07. The summed E-state index contributed by atoms with van der Waals surface area (Å²) < 4.78 is 10.8. The number of carbonyl (C=O) groups excluding carboxylic acids is 1. The van der Waals surface area contributed by atoms with Gasteiger partial charge in [0.2, 0.25) is 12.7 Å². The first-order chi connectivity index (χ1) is 11.3. The molecule has 0 spiro atoms. The lowest BCUT2D eigenvalue weighted by atomic mass is 10.1. The Balaban J connectivity index is 1.30. The highest BCUT2D eigenvalue weighted by atomic mass is 16.7. The molecule has 2 N–H and O–H groups in total. The number of rotatable bonds is 3. The molecule has 3 aliphatic rings. The van der Waals surface area contributed by atoms with Crippen molar-refractivity contribution in [3.8, 4) is 11.5 Å². The first-order valence-corrected chi connectivity index (χ1v) is 8.16. The van der Waals surface area contributed by atoms with Crippen molar-refractivity contribution in [2.75, 3.05) is 39.5 Å². The Morgan fingerprint density at radius 2 is 1.96 bits per heavy atom. The Morgan fingerprint density at radius 1 is 1.13 bits per heavy atom. The van der Waals surface area contributed by atoms with E-state index >= 15 is 0 Å². The first-order valence-electron chi connectivity index (χ1n) is 8.16. The molecule has 2 saturated heterocycles. The summed E-state index contributed by atoms with van der Waals surface area (Å²) in [6.45, 7) is 5.86. The third-order valence-electron chi connectivity index (χ3n) is 4.60. The number of nitrogens with one attached hydrogen (secondary N) is 2. The van der Waals surface area contributed by atoms with Crippen LogP contribution >= 0.6 is 0 Å². The smallest absolute Gasteiger partial charge is 0.231 e. The number of fused-ring (bicyclic) bond motifs is 1. The number of ether oxygens (including phenoxy) is 2. The average molecular weight is 318 g/mol. The molecule has 124 valence electrons. The number of hydrogen-bond acceptors (Lipinski definition) is 6. The van der Waals surface area contributed by atoms with Gasteiger partial charge in [-0.15, -0.1) is 0 Å². The molecule has 1 aromatic rings. The fraction of sp³-hybridized carbons (Fsp3) is 0.562. The zero-order valence-corrected chi connectivity index (χ0v) is 13.1. The highest BCUT2D eigenvalue weighted by Gasteiger charge is 2.27. The predicted octanol–water partition coefficient (Wildman–Crippen LogP) is -0.0740. The molecule has 0 radical (unpaired) electrons. The van der Waals surface area contributed by atoms with Crippen LogP contribution in [-0.4, -0.2) is 61.5 Å². The van der Waals surface area contributed by atoms with E-state index in [1.807, 2.05) is 6.07 Å². The molecule has 1 aromatic carbocycles. The van der Waals surface area contributed by atoms with Gasteiger partial charge in [0.15, 0.2) is 11.5 Å². The topological polar surface area (TPSA) is 66.1 Å². The SMILES string of the molecule is O=C1CCNC(N2CCN(Cc3ccc4c(c3)OCO4)CC2)N1. The van der Waals surface area contributed by atoms with E-state index in [0.717, 1.165) is 50.8 Å². The maximum Gasteiger partial charge on any atom is 0.231 e. The molecule has 23 heavy (non-hydrogen) atoms. The summed E-state index contributed by atoms with van der Waals surface area (Å²) in [6.07, 6.45) is 0.560. The van der Waals surface area contributed by atoms with E-state index in [4.69, 9.17) is 9.47 Å². The van der Waals surface area contributed by atoms with Crippen LogP contribution < -0.4 is 20.1 Å². The van der Waals surface area contributed by atoms with Gasteiger partial charge in [0.1, 0.15) is 6.29 Å². The molecule has 1 atom stereocenters. The second kappa shape index (κ2) is 6.35. The zero-order valence-electron chi connectivity index (χ0n) is 13.1. The number of nitrogens with zero attached hydrogens (tertiary/aromatic N) is 2. The van der Waals surface area contributed by atoms with Crippen molar-refractivity contribution in [1.29, 1.82) is 0 Å². The van der Waals surface area contributed by atoms with Gasteiger partial charge < -0.3 is 14.8 Å². The molecule has 4 rings (SSSR count). The van der Waals surface area contributed by atoms with Crippen molar-refractivity contribution in [3.05, 3.63) is 23.8 Å². The second-order valence-corrected chi connectivity index (χ2v) is 6.17. The highest BCUT2D eigenvalue weighted by molar-refractivity contribution is 5.77. The number of amides is 1. The lowest BCUT2D eigenvalue weighted by Crippen LogP contribution is -2.64. The molecule has 1 unspecified atom stereocenters. The second-order valence-electron chi connectivity index (χ2n) is 6.17. The van der Waals surface area contributed by atoms with E-state index in [9.17, 15) is 4.79 Å². The third-order valence-corrected chi connectivity index (χ3v) is 4.60. The van der Waals surface area contributed by atoms with Crippen molar-refractivity contribution in [3.63, 3.8) is 0 Å². The molecule has 2 fully saturated rings. The highest BCUT2D eigenvalue weighted by Crippen LogP contribution is 2.32. The Bertz CT molecular complexity index is 587. The van der Waals surface area contributed by atoms with Gasteiger partial charge in [-0.1, -0.05) is 6.07 Å².